The highest BCUT2D eigenvalue weighted by Gasteiger charge is 2.13. The Morgan fingerprint density at radius 3 is 2.40 bits per heavy atom. The minimum atomic E-state index is 0.0938. The molecule has 0 spiro atoms. The van der Waals surface area contributed by atoms with Crippen LogP contribution in [0.5, 0.6) is 5.75 Å². The second-order valence-electron chi connectivity index (χ2n) is 4.92. The Morgan fingerprint density at radius 1 is 1.00 bits per heavy atom. The summed E-state index contributed by atoms with van der Waals surface area (Å²) in [5.41, 5.74) is 2.41. The van der Waals surface area contributed by atoms with Gasteiger partial charge >= 0.3 is 0 Å². The van der Waals surface area contributed by atoms with Gasteiger partial charge in [0, 0.05) is 6.42 Å². The van der Waals surface area contributed by atoms with Crippen LogP contribution in [0.4, 0.5) is 0 Å². The van der Waals surface area contributed by atoms with Crippen molar-refractivity contribution in [3.63, 3.8) is 0 Å². The molecule has 0 aromatic heterocycles. The quantitative estimate of drug-likeness (QED) is 0.764. The number of para-hydroxylation sites is 1. The Bertz CT molecular complexity index is 510. The van der Waals surface area contributed by atoms with Crippen molar-refractivity contribution in [2.75, 3.05) is 13.1 Å². The third kappa shape index (κ3) is 4.10. The Kier molecular flexibility index (Phi) is 5.63. The van der Waals surface area contributed by atoms with Crippen LogP contribution in [0.15, 0.2) is 54.6 Å². The molecule has 0 saturated carbocycles. The number of rotatable bonds is 7. The molecule has 2 heteroatoms. The van der Waals surface area contributed by atoms with Crippen LogP contribution >= 0.6 is 0 Å². The number of hydrogen-bond acceptors (Lipinski definition) is 2. The summed E-state index contributed by atoms with van der Waals surface area (Å²) in [6.45, 7) is 6.16. The van der Waals surface area contributed by atoms with Gasteiger partial charge in [0.25, 0.3) is 0 Å². The van der Waals surface area contributed by atoms with Crippen molar-refractivity contribution < 1.29 is 4.74 Å². The third-order valence-electron chi connectivity index (χ3n) is 3.37. The molecule has 2 aromatic carbocycles. The highest BCUT2D eigenvalue weighted by molar-refractivity contribution is 5.33. The van der Waals surface area contributed by atoms with Crippen molar-refractivity contribution in [2.24, 2.45) is 0 Å². The molecular formula is C18H23NO. The van der Waals surface area contributed by atoms with Crippen LogP contribution in [-0.4, -0.2) is 13.1 Å². The van der Waals surface area contributed by atoms with E-state index in [2.05, 4.69) is 49.5 Å². The van der Waals surface area contributed by atoms with Crippen LogP contribution in [0.1, 0.15) is 30.6 Å². The Hall–Kier alpha value is -1.80. The molecule has 0 radical (unpaired) electrons. The maximum Gasteiger partial charge on any atom is 0.125 e. The van der Waals surface area contributed by atoms with Gasteiger partial charge in [0.1, 0.15) is 11.9 Å². The van der Waals surface area contributed by atoms with E-state index < -0.39 is 0 Å². The summed E-state index contributed by atoms with van der Waals surface area (Å²) in [5, 5.41) is 3.37. The smallest absolute Gasteiger partial charge is 0.125 e. The molecule has 0 fully saturated rings. The van der Waals surface area contributed by atoms with E-state index in [1.807, 2.05) is 24.3 Å². The van der Waals surface area contributed by atoms with Crippen molar-refractivity contribution in [1.82, 2.24) is 5.32 Å². The maximum absolute atomic E-state index is 6.24. The Morgan fingerprint density at radius 2 is 1.70 bits per heavy atom. The van der Waals surface area contributed by atoms with Crippen molar-refractivity contribution in [2.45, 2.75) is 26.4 Å². The summed E-state index contributed by atoms with van der Waals surface area (Å²) >= 11 is 0. The van der Waals surface area contributed by atoms with Gasteiger partial charge in [-0.25, -0.2) is 0 Å². The molecule has 20 heavy (non-hydrogen) atoms. The molecule has 2 nitrogen and oxygen atoms in total. The summed E-state index contributed by atoms with van der Waals surface area (Å²) in [7, 11) is 0. The van der Waals surface area contributed by atoms with Gasteiger partial charge in [0.2, 0.25) is 0 Å². The van der Waals surface area contributed by atoms with E-state index in [0.29, 0.717) is 0 Å². The zero-order valence-electron chi connectivity index (χ0n) is 12.3. The second kappa shape index (κ2) is 7.71. The Labute approximate surface area is 121 Å². The van der Waals surface area contributed by atoms with Crippen LogP contribution in [0, 0.1) is 6.92 Å². The number of ether oxygens (including phenoxy) is 1. The zero-order chi connectivity index (χ0) is 14.2. The van der Waals surface area contributed by atoms with Crippen LogP contribution in [0.25, 0.3) is 0 Å². The van der Waals surface area contributed by atoms with E-state index >= 15 is 0 Å². The summed E-state index contributed by atoms with van der Waals surface area (Å²) in [6, 6.07) is 18.6. The molecule has 0 aliphatic carbocycles. The SMILES string of the molecule is CCNCC[C@@H](Oc1ccccc1C)c1ccccc1. The molecule has 0 heterocycles. The van der Waals surface area contributed by atoms with Gasteiger partial charge in [0.05, 0.1) is 0 Å². The number of hydrogen-bond donors (Lipinski definition) is 1. The van der Waals surface area contributed by atoms with Gasteiger partial charge in [-0.15, -0.1) is 0 Å². The summed E-state index contributed by atoms with van der Waals surface area (Å²) in [5.74, 6) is 0.970. The zero-order valence-corrected chi connectivity index (χ0v) is 12.3. The third-order valence-corrected chi connectivity index (χ3v) is 3.37. The molecule has 0 amide bonds. The number of aryl methyl sites for hydroxylation is 1. The molecule has 0 saturated heterocycles. The fourth-order valence-electron chi connectivity index (χ4n) is 2.21. The van der Waals surface area contributed by atoms with Gasteiger partial charge in [-0.3, -0.25) is 0 Å². The normalized spacial score (nSPS) is 12.1. The van der Waals surface area contributed by atoms with E-state index in [0.717, 1.165) is 25.3 Å². The first-order valence-corrected chi connectivity index (χ1v) is 7.29. The molecule has 0 unspecified atom stereocenters. The lowest BCUT2D eigenvalue weighted by molar-refractivity contribution is 0.193. The molecule has 1 N–H and O–H groups in total. The minimum Gasteiger partial charge on any atom is -0.485 e. The summed E-state index contributed by atoms with van der Waals surface area (Å²) in [6.07, 6.45) is 1.06. The van der Waals surface area contributed by atoms with Crippen molar-refractivity contribution >= 4 is 0 Å². The van der Waals surface area contributed by atoms with E-state index in [4.69, 9.17) is 4.74 Å². The average molecular weight is 269 g/mol. The van der Waals surface area contributed by atoms with E-state index in [-0.39, 0.29) is 6.10 Å². The molecule has 0 bridgehead atoms. The Balaban J connectivity index is 2.12. The topological polar surface area (TPSA) is 21.3 Å². The first-order valence-electron chi connectivity index (χ1n) is 7.29. The predicted molar refractivity (Wildman–Crippen MR) is 84.2 cm³/mol. The van der Waals surface area contributed by atoms with E-state index in [1.54, 1.807) is 0 Å². The number of nitrogens with one attached hydrogen (secondary N) is 1. The standard InChI is InChI=1S/C18H23NO/c1-3-19-14-13-18(16-10-5-4-6-11-16)20-17-12-8-7-9-15(17)2/h4-12,18-19H,3,13-14H2,1-2H3/t18-/m1/s1. The van der Waals surface area contributed by atoms with E-state index in [1.165, 1.54) is 11.1 Å². The number of benzene rings is 2. The van der Waals surface area contributed by atoms with Gasteiger partial charge in [-0.1, -0.05) is 55.5 Å². The van der Waals surface area contributed by atoms with Crippen molar-refractivity contribution in [3.05, 3.63) is 65.7 Å². The van der Waals surface area contributed by atoms with Crippen LogP contribution < -0.4 is 10.1 Å². The molecule has 0 aliphatic rings. The van der Waals surface area contributed by atoms with Gasteiger partial charge < -0.3 is 10.1 Å². The van der Waals surface area contributed by atoms with Gasteiger partial charge in [0.15, 0.2) is 0 Å². The van der Waals surface area contributed by atoms with Crippen molar-refractivity contribution in [1.29, 1.82) is 0 Å². The predicted octanol–water partition coefficient (Wildman–Crippen LogP) is 4.11. The molecule has 106 valence electrons. The summed E-state index contributed by atoms with van der Waals surface area (Å²) < 4.78 is 6.24. The second-order valence-corrected chi connectivity index (χ2v) is 4.92. The maximum atomic E-state index is 6.24. The fraction of sp³-hybridized carbons (Fsp3) is 0.333. The molecule has 0 aliphatic heterocycles. The molecule has 2 aromatic rings. The fourth-order valence-corrected chi connectivity index (χ4v) is 2.21. The average Bonchev–Trinajstić information content (AvgIpc) is 2.49. The lowest BCUT2D eigenvalue weighted by atomic mass is 10.1. The van der Waals surface area contributed by atoms with Gasteiger partial charge in [-0.05, 0) is 37.2 Å². The first-order chi connectivity index (χ1) is 9.81. The van der Waals surface area contributed by atoms with Crippen LogP contribution in [0.2, 0.25) is 0 Å². The highest BCUT2D eigenvalue weighted by atomic mass is 16.5. The minimum absolute atomic E-state index is 0.0938. The molecule has 2 rings (SSSR count). The molecule has 1 atom stereocenters. The lowest BCUT2D eigenvalue weighted by Crippen LogP contribution is -2.19. The largest absolute Gasteiger partial charge is 0.485 e. The summed E-state index contributed by atoms with van der Waals surface area (Å²) in [4.78, 5) is 0. The van der Waals surface area contributed by atoms with Crippen molar-refractivity contribution in [3.8, 4) is 5.75 Å². The van der Waals surface area contributed by atoms with Gasteiger partial charge in [-0.2, -0.15) is 0 Å². The molecular weight excluding hydrogens is 246 g/mol. The first kappa shape index (κ1) is 14.6. The van der Waals surface area contributed by atoms with Crippen LogP contribution in [-0.2, 0) is 0 Å². The monoisotopic (exact) mass is 269 g/mol. The lowest BCUT2D eigenvalue weighted by Gasteiger charge is -2.21. The van der Waals surface area contributed by atoms with Crippen LogP contribution in [0.3, 0.4) is 0 Å². The van der Waals surface area contributed by atoms with E-state index in [9.17, 15) is 0 Å². The highest BCUT2D eigenvalue weighted by Crippen LogP contribution is 2.26.